The van der Waals surface area contributed by atoms with Crippen LogP contribution in [-0.2, 0) is 6.42 Å². The fourth-order valence-electron chi connectivity index (χ4n) is 1.89. The number of methoxy groups -OCH3 is 1. The molecule has 1 unspecified atom stereocenters. The van der Waals surface area contributed by atoms with Crippen molar-refractivity contribution < 1.29 is 4.74 Å². The Hall–Kier alpha value is -1.69. The second-order valence-corrected chi connectivity index (χ2v) is 4.40. The summed E-state index contributed by atoms with van der Waals surface area (Å²) in [5, 5.41) is 0.616. The van der Waals surface area contributed by atoms with Crippen molar-refractivity contribution in [1.82, 2.24) is 15.4 Å². The van der Waals surface area contributed by atoms with Crippen LogP contribution in [-0.4, -0.2) is 17.1 Å². The van der Waals surface area contributed by atoms with E-state index < -0.39 is 0 Å². The predicted molar refractivity (Wildman–Crippen MR) is 73.8 cm³/mol. The van der Waals surface area contributed by atoms with Crippen LogP contribution in [0.5, 0.6) is 5.88 Å². The Balaban J connectivity index is 2.28. The van der Waals surface area contributed by atoms with Gasteiger partial charge in [0.05, 0.1) is 18.2 Å². The van der Waals surface area contributed by atoms with Crippen molar-refractivity contribution in [1.29, 1.82) is 0 Å². The van der Waals surface area contributed by atoms with Crippen LogP contribution in [0.2, 0.25) is 5.02 Å². The Morgan fingerprint density at radius 1 is 1.42 bits per heavy atom. The van der Waals surface area contributed by atoms with Gasteiger partial charge in [-0.1, -0.05) is 17.7 Å². The molecule has 0 aliphatic heterocycles. The minimum absolute atomic E-state index is 0.136. The van der Waals surface area contributed by atoms with Crippen LogP contribution in [0.15, 0.2) is 36.8 Å². The monoisotopic (exact) mass is 278 g/mol. The summed E-state index contributed by atoms with van der Waals surface area (Å²) in [6, 6.07) is 5.50. The first-order chi connectivity index (χ1) is 9.26. The van der Waals surface area contributed by atoms with Gasteiger partial charge in [0.1, 0.15) is 0 Å². The lowest BCUT2D eigenvalue weighted by Crippen LogP contribution is -2.30. The molecule has 1 atom stereocenters. The van der Waals surface area contributed by atoms with Gasteiger partial charge in [0.2, 0.25) is 5.88 Å². The molecule has 3 N–H and O–H groups in total. The van der Waals surface area contributed by atoms with Crippen LogP contribution < -0.4 is 16.0 Å². The van der Waals surface area contributed by atoms with Crippen molar-refractivity contribution in [3.8, 4) is 5.88 Å². The van der Waals surface area contributed by atoms with Crippen molar-refractivity contribution in [3.63, 3.8) is 0 Å². The standard InChI is InChI=1S/C13H15ClN4O/c1-19-13-10(3-2-5-17-13)12(18-15)7-9-4-6-16-8-11(9)14/h2-6,8,12,18H,7,15H2,1H3. The third-order valence-electron chi connectivity index (χ3n) is 2.85. The molecule has 0 saturated carbocycles. The van der Waals surface area contributed by atoms with E-state index in [2.05, 4.69) is 15.4 Å². The van der Waals surface area contributed by atoms with Gasteiger partial charge in [-0.25, -0.2) is 4.98 Å². The molecule has 2 aromatic rings. The number of nitrogens with zero attached hydrogens (tertiary/aromatic N) is 2. The summed E-state index contributed by atoms with van der Waals surface area (Å²) >= 11 is 6.11. The predicted octanol–water partition coefficient (Wildman–Crippen LogP) is 1.89. The zero-order chi connectivity index (χ0) is 13.7. The molecule has 0 fully saturated rings. The number of hydrazine groups is 1. The molecule has 2 rings (SSSR count). The number of nitrogens with one attached hydrogen (secondary N) is 1. The molecule has 0 amide bonds. The van der Waals surface area contributed by atoms with Crippen molar-refractivity contribution >= 4 is 11.6 Å². The molecule has 0 aromatic carbocycles. The maximum atomic E-state index is 6.11. The molecule has 5 nitrogen and oxygen atoms in total. The summed E-state index contributed by atoms with van der Waals surface area (Å²) < 4.78 is 5.24. The molecule has 0 aliphatic rings. The SMILES string of the molecule is COc1ncccc1C(Cc1ccncc1Cl)NN. The number of hydrogen-bond acceptors (Lipinski definition) is 5. The van der Waals surface area contributed by atoms with Crippen LogP contribution >= 0.6 is 11.6 Å². The largest absolute Gasteiger partial charge is 0.481 e. The average Bonchev–Trinajstić information content (AvgIpc) is 2.46. The van der Waals surface area contributed by atoms with Gasteiger partial charge in [0.25, 0.3) is 0 Å². The van der Waals surface area contributed by atoms with Crippen LogP contribution in [0.4, 0.5) is 0 Å². The summed E-state index contributed by atoms with van der Waals surface area (Å²) in [5.41, 5.74) is 4.62. The van der Waals surface area contributed by atoms with Crippen LogP contribution in [0.1, 0.15) is 17.2 Å². The van der Waals surface area contributed by atoms with Crippen molar-refractivity contribution in [2.45, 2.75) is 12.5 Å². The zero-order valence-electron chi connectivity index (χ0n) is 10.5. The lowest BCUT2D eigenvalue weighted by Gasteiger charge is -2.18. The van der Waals surface area contributed by atoms with E-state index in [1.165, 1.54) is 0 Å². The van der Waals surface area contributed by atoms with E-state index in [9.17, 15) is 0 Å². The van der Waals surface area contributed by atoms with E-state index in [0.717, 1.165) is 11.1 Å². The maximum absolute atomic E-state index is 6.11. The minimum atomic E-state index is -0.136. The molecule has 0 spiro atoms. The average molecular weight is 279 g/mol. The van der Waals surface area contributed by atoms with Crippen LogP contribution in [0.3, 0.4) is 0 Å². The number of nitrogens with two attached hydrogens (primary N) is 1. The van der Waals surface area contributed by atoms with Crippen molar-refractivity contribution in [2.75, 3.05) is 7.11 Å². The summed E-state index contributed by atoms with van der Waals surface area (Å²) in [4.78, 5) is 8.13. The Morgan fingerprint density at radius 2 is 2.26 bits per heavy atom. The Morgan fingerprint density at radius 3 is 2.95 bits per heavy atom. The number of pyridine rings is 2. The topological polar surface area (TPSA) is 73.1 Å². The molecule has 6 heteroatoms. The molecule has 2 aromatic heterocycles. The van der Waals surface area contributed by atoms with Crippen LogP contribution in [0.25, 0.3) is 0 Å². The molecule has 0 radical (unpaired) electrons. The van der Waals surface area contributed by atoms with Gasteiger partial charge in [0.15, 0.2) is 0 Å². The Labute approximate surface area is 116 Å². The minimum Gasteiger partial charge on any atom is -0.481 e. The number of rotatable bonds is 5. The highest BCUT2D eigenvalue weighted by molar-refractivity contribution is 6.31. The number of ether oxygens (including phenoxy) is 1. The van der Waals surface area contributed by atoms with E-state index in [0.29, 0.717) is 17.3 Å². The molecule has 0 bridgehead atoms. The quantitative estimate of drug-likeness (QED) is 0.645. The van der Waals surface area contributed by atoms with Gasteiger partial charge in [-0.15, -0.1) is 0 Å². The summed E-state index contributed by atoms with van der Waals surface area (Å²) in [7, 11) is 1.58. The lowest BCUT2D eigenvalue weighted by molar-refractivity contribution is 0.382. The van der Waals surface area contributed by atoms with Crippen LogP contribution in [0, 0.1) is 0 Å². The van der Waals surface area contributed by atoms with Gasteiger partial charge in [-0.05, 0) is 24.1 Å². The Kier molecular flexibility index (Phi) is 4.68. The molecule has 100 valence electrons. The highest BCUT2D eigenvalue weighted by Gasteiger charge is 2.17. The molecule has 2 heterocycles. The molecule has 0 aliphatic carbocycles. The number of hydrogen-bond donors (Lipinski definition) is 2. The highest BCUT2D eigenvalue weighted by atomic mass is 35.5. The molecular formula is C13H15ClN4O. The second-order valence-electron chi connectivity index (χ2n) is 3.99. The third kappa shape index (κ3) is 3.20. The van der Waals surface area contributed by atoms with E-state index >= 15 is 0 Å². The first-order valence-electron chi connectivity index (χ1n) is 5.79. The molecule has 0 saturated heterocycles. The van der Waals surface area contributed by atoms with Gasteiger partial charge < -0.3 is 4.74 Å². The zero-order valence-corrected chi connectivity index (χ0v) is 11.3. The van der Waals surface area contributed by atoms with E-state index in [-0.39, 0.29) is 6.04 Å². The Bertz CT molecular complexity index is 550. The van der Waals surface area contributed by atoms with Gasteiger partial charge in [-0.2, -0.15) is 0 Å². The lowest BCUT2D eigenvalue weighted by atomic mass is 10.0. The normalized spacial score (nSPS) is 12.2. The summed E-state index contributed by atoms with van der Waals surface area (Å²) in [5.74, 6) is 6.19. The third-order valence-corrected chi connectivity index (χ3v) is 3.19. The first kappa shape index (κ1) is 13.7. The number of halogens is 1. The van der Waals surface area contributed by atoms with Gasteiger partial charge in [0, 0.05) is 24.2 Å². The summed E-state index contributed by atoms with van der Waals surface area (Å²) in [6.45, 7) is 0. The fraction of sp³-hybridized carbons (Fsp3) is 0.231. The summed E-state index contributed by atoms with van der Waals surface area (Å²) in [6.07, 6.45) is 5.62. The highest BCUT2D eigenvalue weighted by Crippen LogP contribution is 2.27. The smallest absolute Gasteiger partial charge is 0.217 e. The molecular weight excluding hydrogens is 264 g/mol. The van der Waals surface area contributed by atoms with E-state index in [1.807, 2.05) is 18.2 Å². The van der Waals surface area contributed by atoms with Gasteiger partial charge >= 0.3 is 0 Å². The van der Waals surface area contributed by atoms with E-state index in [4.69, 9.17) is 22.2 Å². The molecule has 19 heavy (non-hydrogen) atoms. The maximum Gasteiger partial charge on any atom is 0.217 e. The second kappa shape index (κ2) is 6.47. The van der Waals surface area contributed by atoms with Gasteiger partial charge in [-0.3, -0.25) is 16.3 Å². The first-order valence-corrected chi connectivity index (χ1v) is 6.17. The van der Waals surface area contributed by atoms with Crippen molar-refractivity contribution in [3.05, 3.63) is 52.9 Å². The fourth-order valence-corrected chi connectivity index (χ4v) is 2.08. The number of aromatic nitrogens is 2. The van der Waals surface area contributed by atoms with Crippen molar-refractivity contribution in [2.24, 2.45) is 5.84 Å². The van der Waals surface area contributed by atoms with E-state index in [1.54, 1.807) is 25.7 Å².